The van der Waals surface area contributed by atoms with Gasteiger partial charge in [0.05, 0.1) is 30.2 Å². The van der Waals surface area contributed by atoms with Crippen LogP contribution in [0.5, 0.6) is 5.75 Å². The van der Waals surface area contributed by atoms with E-state index in [9.17, 15) is 14.4 Å². The summed E-state index contributed by atoms with van der Waals surface area (Å²) in [6, 6.07) is 12.1. The van der Waals surface area contributed by atoms with E-state index < -0.39 is 11.6 Å². The molecule has 3 aliphatic heterocycles. The number of nitrogens with one attached hydrogen (secondary N) is 2. The topological polar surface area (TPSA) is 104 Å². The number of anilines is 1. The Kier molecular flexibility index (Phi) is 5.26. The molecule has 0 radical (unpaired) electrons. The number of imide groups is 1. The summed E-state index contributed by atoms with van der Waals surface area (Å²) >= 11 is 0. The third-order valence-electron chi connectivity index (χ3n) is 7.67. The molecule has 1 aromatic heterocycles. The molecule has 6 rings (SSSR count). The molecule has 3 aromatic rings. The van der Waals surface area contributed by atoms with Gasteiger partial charge in [0.2, 0.25) is 0 Å². The van der Waals surface area contributed by atoms with E-state index >= 15 is 0 Å². The van der Waals surface area contributed by atoms with Gasteiger partial charge < -0.3 is 24.7 Å². The first-order chi connectivity index (χ1) is 17.4. The summed E-state index contributed by atoms with van der Waals surface area (Å²) in [4.78, 5) is 47.0. The van der Waals surface area contributed by atoms with Crippen molar-refractivity contribution in [2.75, 3.05) is 31.7 Å². The fraction of sp³-hybridized carbons (Fsp3) is 0.370. The third kappa shape index (κ3) is 3.22. The number of amides is 4. The molecular formula is C27H28N4O5. The quantitative estimate of drug-likeness (QED) is 0.536. The molecule has 4 amide bonds. The Bertz CT molecular complexity index is 1390. The smallest absolute Gasteiger partial charge is 0.332 e. The van der Waals surface area contributed by atoms with Gasteiger partial charge in [0, 0.05) is 30.6 Å². The summed E-state index contributed by atoms with van der Waals surface area (Å²) in [5.41, 5.74) is 1.95. The SMILES string of the molecule is COc1ccc2[nH]c3c(c2c1)CCN1C(=O)N(c2ccccc2C(=O)NC[C@H]2CCCO2)C(=O)[C@]31C. The molecule has 0 aliphatic carbocycles. The largest absolute Gasteiger partial charge is 0.497 e. The summed E-state index contributed by atoms with van der Waals surface area (Å²) in [5, 5.41) is 3.89. The molecule has 2 aromatic carbocycles. The monoisotopic (exact) mass is 488 g/mol. The van der Waals surface area contributed by atoms with E-state index in [4.69, 9.17) is 9.47 Å². The van der Waals surface area contributed by atoms with Crippen molar-refractivity contribution < 1.29 is 23.9 Å². The van der Waals surface area contributed by atoms with Gasteiger partial charge in [-0.3, -0.25) is 9.59 Å². The lowest BCUT2D eigenvalue weighted by Gasteiger charge is -2.35. The second kappa shape index (κ2) is 8.37. The van der Waals surface area contributed by atoms with Gasteiger partial charge in [0.15, 0.2) is 5.54 Å². The maximum Gasteiger partial charge on any atom is 0.332 e. The van der Waals surface area contributed by atoms with Crippen molar-refractivity contribution in [2.24, 2.45) is 0 Å². The van der Waals surface area contributed by atoms with Gasteiger partial charge in [0.25, 0.3) is 11.8 Å². The molecular weight excluding hydrogens is 460 g/mol. The van der Waals surface area contributed by atoms with Crippen LogP contribution < -0.4 is 15.0 Å². The number of aromatic amines is 1. The Hall–Kier alpha value is -3.85. The second-order valence-corrected chi connectivity index (χ2v) is 9.65. The number of hydrogen-bond donors (Lipinski definition) is 2. The van der Waals surface area contributed by atoms with Crippen LogP contribution in [0, 0.1) is 0 Å². The van der Waals surface area contributed by atoms with Crippen LogP contribution in [0.4, 0.5) is 10.5 Å². The second-order valence-electron chi connectivity index (χ2n) is 9.65. The Balaban J connectivity index is 1.37. The molecule has 36 heavy (non-hydrogen) atoms. The van der Waals surface area contributed by atoms with Crippen molar-refractivity contribution in [1.82, 2.24) is 15.2 Å². The lowest BCUT2D eigenvalue weighted by atomic mass is 9.87. The molecule has 186 valence electrons. The fourth-order valence-electron chi connectivity index (χ4n) is 5.73. The molecule has 0 bridgehead atoms. The van der Waals surface area contributed by atoms with Crippen LogP contribution in [0.1, 0.15) is 41.4 Å². The predicted molar refractivity (Wildman–Crippen MR) is 133 cm³/mol. The highest BCUT2D eigenvalue weighted by atomic mass is 16.5. The van der Waals surface area contributed by atoms with E-state index in [0.717, 1.165) is 40.0 Å². The molecule has 2 atom stereocenters. The first-order valence-electron chi connectivity index (χ1n) is 12.3. The van der Waals surface area contributed by atoms with E-state index in [2.05, 4.69) is 10.3 Å². The maximum absolute atomic E-state index is 14.0. The van der Waals surface area contributed by atoms with Crippen LogP contribution >= 0.6 is 0 Å². The Labute approximate surface area is 208 Å². The number of ether oxygens (including phenoxy) is 2. The predicted octanol–water partition coefficient (Wildman–Crippen LogP) is 3.33. The number of nitrogens with zero attached hydrogens (tertiary/aromatic N) is 2. The van der Waals surface area contributed by atoms with Gasteiger partial charge in [-0.15, -0.1) is 0 Å². The fourth-order valence-corrected chi connectivity index (χ4v) is 5.73. The lowest BCUT2D eigenvalue weighted by molar-refractivity contribution is -0.125. The molecule has 0 spiro atoms. The molecule has 9 heteroatoms. The van der Waals surface area contributed by atoms with Crippen molar-refractivity contribution in [3.63, 3.8) is 0 Å². The summed E-state index contributed by atoms with van der Waals surface area (Å²) in [6.07, 6.45) is 2.47. The van der Waals surface area contributed by atoms with Crippen LogP contribution in [-0.2, 0) is 21.5 Å². The first kappa shape index (κ1) is 22.6. The number of benzene rings is 2. The Morgan fingerprint density at radius 3 is 2.86 bits per heavy atom. The Morgan fingerprint density at radius 1 is 1.25 bits per heavy atom. The highest BCUT2D eigenvalue weighted by Gasteiger charge is 2.59. The molecule has 3 aliphatic rings. The minimum atomic E-state index is -1.21. The number of rotatable bonds is 5. The summed E-state index contributed by atoms with van der Waals surface area (Å²) in [6.45, 7) is 3.26. The molecule has 0 saturated carbocycles. The van der Waals surface area contributed by atoms with E-state index in [1.54, 1.807) is 43.2 Å². The normalized spacial score (nSPS) is 23.2. The number of hydrogen-bond acceptors (Lipinski definition) is 5. The van der Waals surface area contributed by atoms with Crippen molar-refractivity contribution in [3.8, 4) is 5.75 Å². The van der Waals surface area contributed by atoms with E-state index in [-0.39, 0.29) is 29.2 Å². The average molecular weight is 489 g/mol. The van der Waals surface area contributed by atoms with Crippen LogP contribution in [0.25, 0.3) is 10.9 Å². The van der Waals surface area contributed by atoms with Gasteiger partial charge in [-0.25, -0.2) is 9.69 Å². The van der Waals surface area contributed by atoms with Gasteiger partial charge in [0.1, 0.15) is 5.75 Å². The molecule has 2 saturated heterocycles. The van der Waals surface area contributed by atoms with Gasteiger partial charge in [-0.1, -0.05) is 12.1 Å². The lowest BCUT2D eigenvalue weighted by Crippen LogP contribution is -2.49. The zero-order valence-electron chi connectivity index (χ0n) is 20.3. The number of H-pyrrole nitrogens is 1. The van der Waals surface area contributed by atoms with Crippen molar-refractivity contribution >= 4 is 34.4 Å². The Morgan fingerprint density at radius 2 is 2.08 bits per heavy atom. The van der Waals surface area contributed by atoms with Crippen LogP contribution in [0.2, 0.25) is 0 Å². The van der Waals surface area contributed by atoms with Gasteiger partial charge in [-0.2, -0.15) is 0 Å². The minimum Gasteiger partial charge on any atom is -0.497 e. The van der Waals surface area contributed by atoms with Gasteiger partial charge in [-0.05, 0) is 62.1 Å². The molecule has 2 N–H and O–H groups in total. The third-order valence-corrected chi connectivity index (χ3v) is 7.67. The van der Waals surface area contributed by atoms with Crippen molar-refractivity contribution in [3.05, 3.63) is 59.3 Å². The first-order valence-corrected chi connectivity index (χ1v) is 12.3. The standard InChI is InChI=1S/C27H28N4O5/c1-27-23-18(20-14-16(35-2)9-10-21(20)29-23)11-12-30(27)26(34)31(25(27)33)22-8-4-3-7-19(22)24(32)28-15-17-6-5-13-36-17/h3-4,7-10,14,17,29H,5-6,11-13,15H2,1-2H3,(H,28,32)/t17-,27+/m1/s1. The maximum atomic E-state index is 14.0. The molecule has 2 fully saturated rings. The summed E-state index contributed by atoms with van der Waals surface area (Å²) in [5.74, 6) is 0.0109. The zero-order chi connectivity index (χ0) is 25.0. The van der Waals surface area contributed by atoms with Crippen molar-refractivity contribution in [1.29, 1.82) is 0 Å². The number of carbonyl (C=O) groups is 3. The van der Waals surface area contributed by atoms with E-state index in [1.807, 2.05) is 18.2 Å². The zero-order valence-corrected chi connectivity index (χ0v) is 20.3. The number of para-hydroxylation sites is 1. The number of carbonyl (C=O) groups excluding carboxylic acids is 3. The van der Waals surface area contributed by atoms with Crippen molar-refractivity contribution in [2.45, 2.75) is 37.8 Å². The number of aromatic nitrogens is 1. The summed E-state index contributed by atoms with van der Waals surface area (Å²) in [7, 11) is 1.62. The highest BCUT2D eigenvalue weighted by molar-refractivity contribution is 6.25. The molecule has 9 nitrogen and oxygen atoms in total. The van der Waals surface area contributed by atoms with E-state index in [1.165, 1.54) is 0 Å². The minimum absolute atomic E-state index is 0.0110. The highest BCUT2D eigenvalue weighted by Crippen LogP contribution is 2.46. The van der Waals surface area contributed by atoms with E-state index in [0.29, 0.717) is 31.8 Å². The molecule has 4 heterocycles. The number of urea groups is 1. The van der Waals surface area contributed by atoms with Crippen LogP contribution in [0.3, 0.4) is 0 Å². The number of methoxy groups -OCH3 is 1. The van der Waals surface area contributed by atoms with Crippen LogP contribution in [0.15, 0.2) is 42.5 Å². The average Bonchev–Trinajstić information content (AvgIpc) is 3.59. The van der Waals surface area contributed by atoms with Gasteiger partial charge >= 0.3 is 6.03 Å². The number of fused-ring (bicyclic) bond motifs is 5. The van der Waals surface area contributed by atoms with Crippen LogP contribution in [-0.4, -0.2) is 60.6 Å². The molecule has 0 unspecified atom stereocenters. The summed E-state index contributed by atoms with van der Waals surface area (Å²) < 4.78 is 11.0.